The number of rotatable bonds is 7. The van der Waals surface area contributed by atoms with Gasteiger partial charge in [-0.1, -0.05) is 26.0 Å². The SMILES string of the molecule is CCNC(=NCc1ccc(C(=O)N2CCCCC2)cc1)NCc1nc(C(C)C)cs1. The van der Waals surface area contributed by atoms with E-state index < -0.39 is 0 Å². The van der Waals surface area contributed by atoms with Gasteiger partial charge in [-0.25, -0.2) is 9.98 Å². The molecule has 1 aromatic carbocycles. The zero-order chi connectivity index (χ0) is 21.3. The molecular weight excluding hydrogens is 394 g/mol. The normalized spacial score (nSPS) is 14.8. The third-order valence-electron chi connectivity index (χ3n) is 5.18. The molecule has 1 amide bonds. The van der Waals surface area contributed by atoms with E-state index in [2.05, 4.69) is 46.8 Å². The van der Waals surface area contributed by atoms with Crippen LogP contribution in [-0.2, 0) is 13.1 Å². The number of aromatic nitrogens is 1. The molecule has 6 nitrogen and oxygen atoms in total. The van der Waals surface area contributed by atoms with Crippen molar-refractivity contribution in [3.05, 3.63) is 51.5 Å². The number of aliphatic imine (C=N–C) groups is 1. The van der Waals surface area contributed by atoms with E-state index >= 15 is 0 Å². The summed E-state index contributed by atoms with van der Waals surface area (Å²) in [5.74, 6) is 1.36. The minimum atomic E-state index is 0.143. The van der Waals surface area contributed by atoms with Crippen LogP contribution < -0.4 is 10.6 Å². The maximum absolute atomic E-state index is 12.6. The maximum Gasteiger partial charge on any atom is 0.253 e. The van der Waals surface area contributed by atoms with E-state index in [-0.39, 0.29) is 5.91 Å². The summed E-state index contributed by atoms with van der Waals surface area (Å²) >= 11 is 1.68. The van der Waals surface area contributed by atoms with Crippen molar-refractivity contribution in [1.82, 2.24) is 20.5 Å². The van der Waals surface area contributed by atoms with Crippen LogP contribution in [-0.4, -0.2) is 41.4 Å². The first-order valence-corrected chi connectivity index (χ1v) is 11.8. The van der Waals surface area contributed by atoms with Crippen LogP contribution in [0, 0.1) is 0 Å². The van der Waals surface area contributed by atoms with Gasteiger partial charge in [0.15, 0.2) is 5.96 Å². The molecule has 3 rings (SSSR count). The number of guanidine groups is 1. The van der Waals surface area contributed by atoms with Crippen molar-refractivity contribution in [2.45, 2.75) is 59.0 Å². The minimum absolute atomic E-state index is 0.143. The molecule has 1 aromatic heterocycles. The van der Waals surface area contributed by atoms with Crippen LogP contribution in [0.25, 0.3) is 0 Å². The molecule has 1 saturated heterocycles. The standard InChI is InChI=1S/C23H33N5OS/c1-4-24-23(26-15-21-27-20(16-30-21)17(2)3)25-14-18-8-10-19(11-9-18)22(29)28-12-6-5-7-13-28/h8-11,16-17H,4-7,12-15H2,1-3H3,(H2,24,25,26). The lowest BCUT2D eigenvalue weighted by Gasteiger charge is -2.26. The van der Waals surface area contributed by atoms with Crippen LogP contribution in [0.3, 0.4) is 0 Å². The third-order valence-corrected chi connectivity index (χ3v) is 6.04. The van der Waals surface area contributed by atoms with Crippen molar-refractivity contribution in [2.24, 2.45) is 4.99 Å². The Labute approximate surface area is 183 Å². The minimum Gasteiger partial charge on any atom is -0.357 e. The summed E-state index contributed by atoms with van der Waals surface area (Å²) in [4.78, 5) is 23.9. The fraction of sp³-hybridized carbons (Fsp3) is 0.522. The lowest BCUT2D eigenvalue weighted by atomic mass is 10.1. The maximum atomic E-state index is 12.6. The summed E-state index contributed by atoms with van der Waals surface area (Å²) in [7, 11) is 0. The number of hydrogen-bond acceptors (Lipinski definition) is 4. The van der Waals surface area contributed by atoms with Gasteiger partial charge in [-0.2, -0.15) is 0 Å². The van der Waals surface area contributed by atoms with E-state index in [4.69, 9.17) is 0 Å². The van der Waals surface area contributed by atoms with Crippen molar-refractivity contribution in [3.63, 3.8) is 0 Å². The number of thiazole rings is 1. The predicted molar refractivity (Wildman–Crippen MR) is 124 cm³/mol. The predicted octanol–water partition coefficient (Wildman–Crippen LogP) is 4.15. The molecule has 2 aromatic rings. The quantitative estimate of drug-likeness (QED) is 0.514. The zero-order valence-electron chi connectivity index (χ0n) is 18.3. The van der Waals surface area contributed by atoms with Crippen LogP contribution >= 0.6 is 11.3 Å². The van der Waals surface area contributed by atoms with Gasteiger partial charge in [0.1, 0.15) is 5.01 Å². The average molecular weight is 428 g/mol. The van der Waals surface area contributed by atoms with E-state index in [0.29, 0.717) is 19.0 Å². The van der Waals surface area contributed by atoms with Gasteiger partial charge >= 0.3 is 0 Å². The van der Waals surface area contributed by atoms with Crippen molar-refractivity contribution >= 4 is 23.2 Å². The monoisotopic (exact) mass is 427 g/mol. The van der Waals surface area contributed by atoms with Crippen molar-refractivity contribution in [3.8, 4) is 0 Å². The van der Waals surface area contributed by atoms with Gasteiger partial charge in [0, 0.05) is 30.6 Å². The molecule has 0 radical (unpaired) electrons. The van der Waals surface area contributed by atoms with Crippen LogP contribution in [0.5, 0.6) is 0 Å². The molecule has 0 spiro atoms. The number of likely N-dealkylation sites (tertiary alicyclic amines) is 1. The molecule has 1 aliphatic rings. The van der Waals surface area contributed by atoms with E-state index in [9.17, 15) is 4.79 Å². The number of hydrogen-bond donors (Lipinski definition) is 2. The van der Waals surface area contributed by atoms with Crippen LogP contribution in [0.1, 0.15) is 72.6 Å². The number of carbonyl (C=O) groups excluding carboxylic acids is 1. The van der Waals surface area contributed by atoms with E-state index in [1.807, 2.05) is 29.2 Å². The second-order valence-electron chi connectivity index (χ2n) is 7.92. The van der Waals surface area contributed by atoms with Gasteiger partial charge in [-0.3, -0.25) is 4.79 Å². The zero-order valence-corrected chi connectivity index (χ0v) is 19.1. The lowest BCUT2D eigenvalue weighted by molar-refractivity contribution is 0.0724. The Morgan fingerprint density at radius 2 is 1.90 bits per heavy atom. The van der Waals surface area contributed by atoms with Crippen LogP contribution in [0.4, 0.5) is 0 Å². The highest BCUT2D eigenvalue weighted by atomic mass is 32.1. The molecule has 0 unspecified atom stereocenters. The van der Waals surface area contributed by atoms with Crippen LogP contribution in [0.2, 0.25) is 0 Å². The molecular formula is C23H33N5OS. The smallest absolute Gasteiger partial charge is 0.253 e. The summed E-state index contributed by atoms with van der Waals surface area (Å²) in [5.41, 5.74) is 2.98. The number of amides is 1. The summed E-state index contributed by atoms with van der Waals surface area (Å²) in [6.45, 7) is 10.1. The molecule has 7 heteroatoms. The Bertz CT molecular complexity index is 838. The first-order valence-electron chi connectivity index (χ1n) is 10.9. The first kappa shape index (κ1) is 22.3. The Hall–Kier alpha value is -2.41. The van der Waals surface area contributed by atoms with Gasteiger partial charge in [-0.15, -0.1) is 11.3 Å². The van der Waals surface area contributed by atoms with Gasteiger partial charge in [0.05, 0.1) is 18.8 Å². The van der Waals surface area contributed by atoms with Crippen molar-refractivity contribution < 1.29 is 4.79 Å². The Morgan fingerprint density at radius 3 is 2.53 bits per heavy atom. The number of nitrogens with zero attached hydrogens (tertiary/aromatic N) is 3. The van der Waals surface area contributed by atoms with Gasteiger partial charge in [-0.05, 0) is 49.8 Å². The van der Waals surface area contributed by atoms with Crippen LogP contribution in [0.15, 0.2) is 34.6 Å². The molecule has 0 bridgehead atoms. The molecule has 1 fully saturated rings. The molecule has 2 heterocycles. The van der Waals surface area contributed by atoms with Gasteiger partial charge < -0.3 is 15.5 Å². The fourth-order valence-electron chi connectivity index (χ4n) is 3.38. The summed E-state index contributed by atoms with van der Waals surface area (Å²) in [6, 6.07) is 7.84. The molecule has 0 saturated carbocycles. The third kappa shape index (κ3) is 6.29. The highest BCUT2D eigenvalue weighted by molar-refractivity contribution is 7.09. The number of benzene rings is 1. The van der Waals surface area contributed by atoms with Crippen molar-refractivity contribution in [1.29, 1.82) is 0 Å². The summed E-state index contributed by atoms with van der Waals surface area (Å²) < 4.78 is 0. The van der Waals surface area contributed by atoms with Gasteiger partial charge in [0.25, 0.3) is 5.91 Å². The number of piperidine rings is 1. The fourth-order valence-corrected chi connectivity index (χ4v) is 4.27. The molecule has 0 aliphatic carbocycles. The molecule has 0 atom stereocenters. The second kappa shape index (κ2) is 11.1. The Kier molecular flexibility index (Phi) is 8.25. The Morgan fingerprint density at radius 1 is 1.17 bits per heavy atom. The van der Waals surface area contributed by atoms with E-state index in [0.717, 1.165) is 60.3 Å². The average Bonchev–Trinajstić information content (AvgIpc) is 3.26. The number of carbonyl (C=O) groups is 1. The van der Waals surface area contributed by atoms with Gasteiger partial charge in [0.2, 0.25) is 0 Å². The summed E-state index contributed by atoms with van der Waals surface area (Å²) in [5, 5.41) is 9.82. The first-order chi connectivity index (χ1) is 14.6. The van der Waals surface area contributed by atoms with E-state index in [1.165, 1.54) is 6.42 Å². The highest BCUT2D eigenvalue weighted by Gasteiger charge is 2.17. The Balaban J connectivity index is 1.56. The topological polar surface area (TPSA) is 69.6 Å². The summed E-state index contributed by atoms with van der Waals surface area (Å²) in [6.07, 6.45) is 3.45. The molecule has 2 N–H and O–H groups in total. The lowest BCUT2D eigenvalue weighted by Crippen LogP contribution is -2.36. The number of nitrogens with one attached hydrogen (secondary N) is 2. The molecule has 30 heavy (non-hydrogen) atoms. The van der Waals surface area contributed by atoms with Crippen molar-refractivity contribution in [2.75, 3.05) is 19.6 Å². The second-order valence-corrected chi connectivity index (χ2v) is 8.86. The highest BCUT2D eigenvalue weighted by Crippen LogP contribution is 2.17. The molecule has 162 valence electrons. The van der Waals surface area contributed by atoms with E-state index in [1.54, 1.807) is 11.3 Å². The largest absolute Gasteiger partial charge is 0.357 e. The molecule has 1 aliphatic heterocycles.